The van der Waals surface area contributed by atoms with E-state index in [0.29, 0.717) is 0 Å². The van der Waals surface area contributed by atoms with E-state index in [0.717, 1.165) is 5.69 Å². The van der Waals surface area contributed by atoms with Gasteiger partial charge in [0.25, 0.3) is 0 Å². The zero-order chi connectivity index (χ0) is 44.0. The summed E-state index contributed by atoms with van der Waals surface area (Å²) >= 11 is 0. The lowest BCUT2D eigenvalue weighted by Crippen LogP contribution is -2.36. The molecule has 312 valence electrons. The molecule has 1 nitrogen and oxygen atoms in total. The molecular weight excluding hydrogens is 795 g/mol. The fraction of sp³-hybridized carbons (Fsp3) is 0.0769. The summed E-state index contributed by atoms with van der Waals surface area (Å²) in [5.41, 5.74) is 24.9. The van der Waals surface area contributed by atoms with Gasteiger partial charge in [0.2, 0.25) is 0 Å². The number of fused-ring (bicyclic) bond motifs is 12. The third kappa shape index (κ3) is 5.47. The van der Waals surface area contributed by atoms with Gasteiger partial charge in [-0.05, 0) is 119 Å². The molecule has 1 atom stereocenters. The van der Waals surface area contributed by atoms with Gasteiger partial charge in [-0.25, -0.2) is 0 Å². The molecule has 10 aromatic carbocycles. The molecule has 0 radical (unpaired) electrons. The van der Waals surface area contributed by atoms with Crippen LogP contribution in [0.25, 0.3) is 44.5 Å². The maximum absolute atomic E-state index is 2.53. The third-order valence-electron chi connectivity index (χ3n) is 15.0. The minimum atomic E-state index is -0.593. The van der Waals surface area contributed by atoms with Crippen LogP contribution >= 0.6 is 0 Å². The summed E-state index contributed by atoms with van der Waals surface area (Å²) in [7, 11) is 0. The maximum Gasteiger partial charge on any atom is 0.0760 e. The van der Waals surface area contributed by atoms with E-state index < -0.39 is 5.41 Å². The van der Waals surface area contributed by atoms with Crippen molar-refractivity contribution in [3.05, 3.63) is 293 Å². The topological polar surface area (TPSA) is 3.24 Å². The molecule has 0 fully saturated rings. The first-order valence-corrected chi connectivity index (χ1v) is 23.3. The molecule has 0 saturated heterocycles. The van der Waals surface area contributed by atoms with Crippen LogP contribution in [0.2, 0.25) is 0 Å². The number of rotatable bonds is 6. The van der Waals surface area contributed by atoms with Gasteiger partial charge < -0.3 is 4.90 Å². The summed E-state index contributed by atoms with van der Waals surface area (Å²) in [6, 6.07) is 91.0. The van der Waals surface area contributed by atoms with Crippen LogP contribution in [0.5, 0.6) is 0 Å². The Balaban J connectivity index is 1.07. The van der Waals surface area contributed by atoms with Crippen molar-refractivity contribution in [1.29, 1.82) is 0 Å². The van der Waals surface area contributed by atoms with Gasteiger partial charge in [0.05, 0.1) is 16.8 Å². The van der Waals surface area contributed by atoms with Crippen LogP contribution in [-0.2, 0) is 10.8 Å². The second-order valence-electron chi connectivity index (χ2n) is 18.7. The van der Waals surface area contributed by atoms with Crippen LogP contribution in [0.15, 0.2) is 243 Å². The Morgan fingerprint density at radius 2 is 0.803 bits per heavy atom. The summed E-state index contributed by atoms with van der Waals surface area (Å²) in [6.07, 6.45) is 0. The van der Waals surface area contributed by atoms with E-state index in [9.17, 15) is 0 Å². The Bertz CT molecular complexity index is 3460. The Kier molecular flexibility index (Phi) is 8.61. The van der Waals surface area contributed by atoms with Crippen LogP contribution in [0.1, 0.15) is 69.8 Å². The van der Waals surface area contributed by atoms with Gasteiger partial charge in [-0.2, -0.15) is 0 Å². The molecule has 1 spiro atoms. The minimum Gasteiger partial charge on any atom is -0.310 e. The molecule has 0 saturated carbocycles. The van der Waals surface area contributed by atoms with Gasteiger partial charge in [-0.15, -0.1) is 0 Å². The fourth-order valence-electron chi connectivity index (χ4n) is 12.2. The van der Waals surface area contributed by atoms with Gasteiger partial charge in [0.1, 0.15) is 0 Å². The highest BCUT2D eigenvalue weighted by Gasteiger charge is 2.53. The highest BCUT2D eigenvalue weighted by atomic mass is 15.2. The summed E-state index contributed by atoms with van der Waals surface area (Å²) in [5, 5.41) is 0. The third-order valence-corrected chi connectivity index (χ3v) is 15.0. The Morgan fingerprint density at radius 3 is 1.48 bits per heavy atom. The van der Waals surface area contributed by atoms with E-state index in [2.05, 4.69) is 261 Å². The van der Waals surface area contributed by atoms with E-state index >= 15 is 0 Å². The largest absolute Gasteiger partial charge is 0.310 e. The summed E-state index contributed by atoms with van der Waals surface area (Å²) in [5.74, 6) is -0.0501. The fourth-order valence-corrected chi connectivity index (χ4v) is 12.2. The van der Waals surface area contributed by atoms with Crippen LogP contribution in [0, 0.1) is 0 Å². The van der Waals surface area contributed by atoms with Gasteiger partial charge in [0.15, 0.2) is 0 Å². The lowest BCUT2D eigenvalue weighted by Gasteiger charge is -2.45. The first-order chi connectivity index (χ1) is 32.5. The smallest absolute Gasteiger partial charge is 0.0760 e. The first-order valence-electron chi connectivity index (χ1n) is 23.3. The number of para-hydroxylation sites is 3. The zero-order valence-corrected chi connectivity index (χ0v) is 37.1. The Hall–Kier alpha value is -8.00. The van der Waals surface area contributed by atoms with Crippen LogP contribution in [0.4, 0.5) is 17.1 Å². The molecule has 1 heteroatoms. The van der Waals surface area contributed by atoms with Crippen molar-refractivity contribution in [1.82, 2.24) is 0 Å². The molecule has 0 bridgehead atoms. The number of anilines is 3. The molecule has 1 unspecified atom stereocenters. The quantitative estimate of drug-likeness (QED) is 0.151. The summed E-state index contributed by atoms with van der Waals surface area (Å²) in [6.45, 7) is 4.78. The summed E-state index contributed by atoms with van der Waals surface area (Å²) < 4.78 is 0. The second-order valence-corrected chi connectivity index (χ2v) is 18.7. The van der Waals surface area contributed by atoms with Crippen molar-refractivity contribution in [2.75, 3.05) is 4.90 Å². The molecule has 13 rings (SSSR count). The van der Waals surface area contributed by atoms with Gasteiger partial charge >= 0.3 is 0 Å². The van der Waals surface area contributed by atoms with Crippen molar-refractivity contribution < 1.29 is 0 Å². The highest BCUT2D eigenvalue weighted by molar-refractivity contribution is 5.99. The second kappa shape index (κ2) is 14.8. The van der Waals surface area contributed by atoms with Gasteiger partial charge in [-0.3, -0.25) is 0 Å². The lowest BCUT2D eigenvalue weighted by molar-refractivity contribution is 0.659. The normalized spacial score (nSPS) is 14.7. The van der Waals surface area contributed by atoms with Crippen LogP contribution in [-0.4, -0.2) is 0 Å². The van der Waals surface area contributed by atoms with Crippen molar-refractivity contribution in [2.45, 2.75) is 30.6 Å². The Labute approximate surface area is 388 Å². The average molecular weight is 842 g/mol. The first kappa shape index (κ1) is 38.5. The highest BCUT2D eigenvalue weighted by Crippen LogP contribution is 2.65. The lowest BCUT2D eigenvalue weighted by atomic mass is 9.63. The molecule has 10 aromatic rings. The molecule has 1 aliphatic heterocycles. The number of hydrogen-bond acceptors (Lipinski definition) is 1. The monoisotopic (exact) mass is 841 g/mol. The van der Waals surface area contributed by atoms with E-state index in [1.165, 1.54) is 106 Å². The van der Waals surface area contributed by atoms with E-state index in [1.54, 1.807) is 0 Å². The SMILES string of the molecule is CC1(C)c2ccccc2-c2ccc(C(c3ccc(-c4ccccc4)cc3)c3ccccc3-c3cccc4c3C3(c5ccccc5-4)c4ccccc4N(c4ccccc4)c4ccccc43)cc21. The minimum absolute atomic E-state index is 0.0501. The van der Waals surface area contributed by atoms with Crippen molar-refractivity contribution in [2.24, 2.45) is 0 Å². The number of nitrogens with zero attached hydrogens (tertiary/aromatic N) is 1. The van der Waals surface area contributed by atoms with E-state index in [-0.39, 0.29) is 11.3 Å². The van der Waals surface area contributed by atoms with Gasteiger partial charge in [0, 0.05) is 17.0 Å². The molecule has 0 amide bonds. The van der Waals surface area contributed by atoms with Crippen LogP contribution < -0.4 is 4.90 Å². The predicted octanol–water partition coefficient (Wildman–Crippen LogP) is 16.7. The van der Waals surface area contributed by atoms with Crippen molar-refractivity contribution >= 4 is 17.1 Å². The molecule has 0 N–H and O–H groups in total. The zero-order valence-electron chi connectivity index (χ0n) is 37.1. The maximum atomic E-state index is 2.53. The predicted molar refractivity (Wildman–Crippen MR) is 274 cm³/mol. The average Bonchev–Trinajstić information content (AvgIpc) is 3.80. The standard InChI is InChI=1S/C65H47N/c1-64(2)55-30-13-11-25-49(55)51-41-40-46(42-59(51)64)62(45-38-36-44(37-39-45)43-20-5-3-6-21-43)52-27-10-9-24-48(52)53-28-19-29-54-50-26-12-14-31-56(50)65(63(53)54)57-32-15-17-34-60(57)66(47-22-7-4-8-23-47)61-35-18-16-33-58(61)65/h3-42,62H,1-2H3. The number of hydrogen-bond donors (Lipinski definition) is 0. The molecule has 2 aliphatic carbocycles. The molecular formula is C65H47N. The van der Waals surface area contributed by atoms with Crippen molar-refractivity contribution in [3.63, 3.8) is 0 Å². The van der Waals surface area contributed by atoms with Gasteiger partial charge in [-0.1, -0.05) is 232 Å². The number of benzene rings is 10. The molecule has 0 aromatic heterocycles. The van der Waals surface area contributed by atoms with Crippen LogP contribution in [0.3, 0.4) is 0 Å². The molecule has 3 aliphatic rings. The molecule has 1 heterocycles. The van der Waals surface area contributed by atoms with E-state index in [1.807, 2.05) is 0 Å². The molecule has 66 heavy (non-hydrogen) atoms. The Morgan fingerprint density at radius 1 is 0.333 bits per heavy atom. The van der Waals surface area contributed by atoms with Crippen molar-refractivity contribution in [3.8, 4) is 44.5 Å². The van der Waals surface area contributed by atoms with E-state index in [4.69, 9.17) is 0 Å². The summed E-state index contributed by atoms with van der Waals surface area (Å²) in [4.78, 5) is 2.47.